The monoisotopic (exact) mass is 158 g/mol. The van der Waals surface area contributed by atoms with Gasteiger partial charge in [-0.3, -0.25) is 0 Å². The van der Waals surface area contributed by atoms with E-state index in [4.69, 9.17) is 0 Å². The molecule has 0 nitrogen and oxygen atoms in total. The summed E-state index contributed by atoms with van der Waals surface area (Å²) in [5, 5.41) is 0. The van der Waals surface area contributed by atoms with E-state index in [9.17, 15) is 0 Å². The summed E-state index contributed by atoms with van der Waals surface area (Å²) >= 11 is 0. The molecular formula is C11H26. The van der Waals surface area contributed by atoms with Crippen LogP contribution in [-0.4, -0.2) is 0 Å². The van der Waals surface area contributed by atoms with E-state index < -0.39 is 0 Å². The largest absolute Gasteiger partial charge is 0.0914 e. The first-order chi connectivity index (χ1) is 4.50. The van der Waals surface area contributed by atoms with Gasteiger partial charge in [0.05, 0.1) is 0 Å². The standard InChI is InChI=1S/C6H12.C4H10.CH4/c1-4-5-6(2)3;1-4(2)3;/h4-6H,1-3H3;4H,1-3H3;1H4/b5-4+;;. The van der Waals surface area contributed by atoms with Crippen LogP contribution in [0.25, 0.3) is 0 Å². The minimum absolute atomic E-state index is 0. The molecule has 0 amide bonds. The second kappa shape index (κ2) is 12.4. The predicted octanol–water partition coefficient (Wildman–Crippen LogP) is 4.52. The molecule has 0 N–H and O–H groups in total. The zero-order valence-corrected chi connectivity index (χ0v) is 8.31. The Morgan fingerprint density at radius 2 is 1.18 bits per heavy atom. The van der Waals surface area contributed by atoms with Crippen molar-refractivity contribution in [3.05, 3.63) is 12.2 Å². The van der Waals surface area contributed by atoms with Crippen LogP contribution < -0.4 is 0 Å². The highest BCUT2D eigenvalue weighted by molar-refractivity contribution is 4.79. The Bertz CT molecular complexity index is 65.4. The second-order valence-electron chi connectivity index (χ2n) is 3.50. The van der Waals surface area contributed by atoms with Crippen LogP contribution in [0.5, 0.6) is 0 Å². The highest BCUT2D eigenvalue weighted by Gasteiger charge is 1.76. The molecule has 0 saturated heterocycles. The van der Waals surface area contributed by atoms with E-state index in [1.807, 2.05) is 6.92 Å². The van der Waals surface area contributed by atoms with Gasteiger partial charge in [0.15, 0.2) is 0 Å². The fraction of sp³-hybridized carbons (Fsp3) is 0.818. The van der Waals surface area contributed by atoms with Gasteiger partial charge in [-0.1, -0.05) is 54.2 Å². The molecule has 0 spiro atoms. The van der Waals surface area contributed by atoms with Crippen molar-refractivity contribution in [2.75, 3.05) is 0 Å². The summed E-state index contributed by atoms with van der Waals surface area (Å²) in [6.07, 6.45) is 4.24. The zero-order valence-electron chi connectivity index (χ0n) is 8.31. The minimum atomic E-state index is 0. The van der Waals surface area contributed by atoms with Crippen LogP contribution in [0.4, 0.5) is 0 Å². The lowest BCUT2D eigenvalue weighted by Gasteiger charge is -1.86. The molecule has 0 saturated carbocycles. The van der Waals surface area contributed by atoms with Crippen LogP contribution in [0.2, 0.25) is 0 Å². The molecule has 0 fully saturated rings. The lowest BCUT2D eigenvalue weighted by Crippen LogP contribution is -1.73. The third-order valence-corrected chi connectivity index (χ3v) is 0.577. The first-order valence-electron chi connectivity index (χ1n) is 4.13. The fourth-order valence-corrected chi connectivity index (χ4v) is 0.385. The molecule has 0 aromatic carbocycles. The average Bonchev–Trinajstić information content (AvgIpc) is 1.62. The van der Waals surface area contributed by atoms with Crippen molar-refractivity contribution in [3.8, 4) is 0 Å². The Balaban J connectivity index is -0.000000114. The Kier molecular flexibility index (Phi) is 19.2. The molecule has 70 valence electrons. The van der Waals surface area contributed by atoms with E-state index in [0.717, 1.165) is 11.8 Å². The molecule has 0 aliphatic carbocycles. The van der Waals surface area contributed by atoms with Crippen LogP contribution >= 0.6 is 0 Å². The Labute approximate surface area is 73.7 Å². The maximum Gasteiger partial charge on any atom is -0.0291 e. The van der Waals surface area contributed by atoms with E-state index in [-0.39, 0.29) is 7.43 Å². The van der Waals surface area contributed by atoms with Crippen LogP contribution in [0.1, 0.15) is 49.0 Å². The molecule has 0 aliphatic heterocycles. The quantitative estimate of drug-likeness (QED) is 0.492. The van der Waals surface area contributed by atoms with Gasteiger partial charge >= 0.3 is 0 Å². The molecular weight excluding hydrogens is 132 g/mol. The van der Waals surface area contributed by atoms with E-state index in [1.165, 1.54) is 0 Å². The van der Waals surface area contributed by atoms with E-state index in [2.05, 4.69) is 46.8 Å². The van der Waals surface area contributed by atoms with E-state index in [0.29, 0.717) is 0 Å². The van der Waals surface area contributed by atoms with Crippen molar-refractivity contribution >= 4 is 0 Å². The first-order valence-corrected chi connectivity index (χ1v) is 4.13. The summed E-state index contributed by atoms with van der Waals surface area (Å²) in [7, 11) is 0. The molecule has 0 bridgehead atoms. The summed E-state index contributed by atoms with van der Waals surface area (Å²) in [6.45, 7) is 12.9. The lowest BCUT2D eigenvalue weighted by molar-refractivity contribution is 0.737. The number of allylic oxidation sites excluding steroid dienone is 2. The van der Waals surface area contributed by atoms with Crippen LogP contribution in [0.3, 0.4) is 0 Å². The molecule has 0 radical (unpaired) electrons. The zero-order chi connectivity index (χ0) is 8.57. The van der Waals surface area contributed by atoms with Crippen LogP contribution in [0.15, 0.2) is 12.2 Å². The highest BCUT2D eigenvalue weighted by Crippen LogP contribution is 1.90. The van der Waals surface area contributed by atoms with E-state index in [1.54, 1.807) is 0 Å². The number of hydrogen-bond acceptors (Lipinski definition) is 0. The van der Waals surface area contributed by atoms with Gasteiger partial charge in [-0.15, -0.1) is 0 Å². The average molecular weight is 158 g/mol. The number of rotatable bonds is 1. The molecule has 0 aromatic rings. The SMILES string of the molecule is C.C/C=C/C(C)C.CC(C)C. The summed E-state index contributed by atoms with van der Waals surface area (Å²) < 4.78 is 0. The molecule has 0 unspecified atom stereocenters. The molecule has 0 rings (SSSR count). The minimum Gasteiger partial charge on any atom is -0.0914 e. The van der Waals surface area contributed by atoms with Gasteiger partial charge in [0, 0.05) is 0 Å². The Morgan fingerprint density at radius 1 is 0.909 bits per heavy atom. The van der Waals surface area contributed by atoms with Gasteiger partial charge in [-0.2, -0.15) is 0 Å². The fourth-order valence-electron chi connectivity index (χ4n) is 0.385. The van der Waals surface area contributed by atoms with Crippen molar-refractivity contribution in [2.24, 2.45) is 11.8 Å². The van der Waals surface area contributed by atoms with Crippen molar-refractivity contribution in [3.63, 3.8) is 0 Å². The Hall–Kier alpha value is -0.260. The van der Waals surface area contributed by atoms with Crippen LogP contribution in [-0.2, 0) is 0 Å². The van der Waals surface area contributed by atoms with Gasteiger partial charge in [0.2, 0.25) is 0 Å². The molecule has 11 heavy (non-hydrogen) atoms. The van der Waals surface area contributed by atoms with Gasteiger partial charge < -0.3 is 0 Å². The topological polar surface area (TPSA) is 0 Å². The third kappa shape index (κ3) is 77.7. The van der Waals surface area contributed by atoms with Crippen LogP contribution in [0, 0.1) is 11.8 Å². The van der Waals surface area contributed by atoms with Crippen molar-refractivity contribution in [1.82, 2.24) is 0 Å². The maximum absolute atomic E-state index is 2.17. The van der Waals surface area contributed by atoms with Gasteiger partial charge in [-0.25, -0.2) is 0 Å². The molecule has 0 heteroatoms. The van der Waals surface area contributed by atoms with Gasteiger partial charge in [0.1, 0.15) is 0 Å². The van der Waals surface area contributed by atoms with Crippen molar-refractivity contribution in [1.29, 1.82) is 0 Å². The summed E-state index contributed by atoms with van der Waals surface area (Å²) in [5.74, 6) is 1.55. The molecule has 0 atom stereocenters. The van der Waals surface area contributed by atoms with Crippen molar-refractivity contribution < 1.29 is 0 Å². The third-order valence-electron chi connectivity index (χ3n) is 0.577. The molecule has 0 aliphatic rings. The highest BCUT2D eigenvalue weighted by atomic mass is 13.8. The van der Waals surface area contributed by atoms with E-state index >= 15 is 0 Å². The summed E-state index contributed by atoms with van der Waals surface area (Å²) in [6, 6.07) is 0. The summed E-state index contributed by atoms with van der Waals surface area (Å²) in [5.41, 5.74) is 0. The van der Waals surface area contributed by atoms with Gasteiger partial charge in [-0.05, 0) is 18.8 Å². The van der Waals surface area contributed by atoms with Gasteiger partial charge in [0.25, 0.3) is 0 Å². The second-order valence-corrected chi connectivity index (χ2v) is 3.50. The summed E-state index contributed by atoms with van der Waals surface area (Å²) in [4.78, 5) is 0. The lowest BCUT2D eigenvalue weighted by atomic mass is 10.2. The normalized spacial score (nSPS) is 9.45. The maximum atomic E-state index is 2.17. The predicted molar refractivity (Wildman–Crippen MR) is 56.9 cm³/mol. The number of hydrogen-bond donors (Lipinski definition) is 0. The molecule has 0 heterocycles. The smallest absolute Gasteiger partial charge is 0.0291 e. The first kappa shape index (κ1) is 17.0. The molecule has 0 aromatic heterocycles. The van der Waals surface area contributed by atoms with Crippen molar-refractivity contribution in [2.45, 2.75) is 49.0 Å². The Morgan fingerprint density at radius 3 is 1.18 bits per heavy atom.